The highest BCUT2D eigenvalue weighted by Gasteiger charge is 2.36. The van der Waals surface area contributed by atoms with E-state index in [4.69, 9.17) is 16.6 Å². The van der Waals surface area contributed by atoms with Crippen LogP contribution in [0.5, 0.6) is 0 Å². The second kappa shape index (κ2) is 5.43. The first kappa shape index (κ1) is 14.2. The minimum absolute atomic E-state index is 0.284. The van der Waals surface area contributed by atoms with E-state index < -0.39 is 30.1 Å². The van der Waals surface area contributed by atoms with Gasteiger partial charge in [-0.05, 0) is 18.6 Å². The number of carbonyl (C=O) groups excluding carboxylic acids is 2. The number of carboxylic acid groups (broad SMARTS) is 1. The molecule has 8 heteroatoms. The molecular weight excluding hydrogens is 264 g/mol. The SMILES string of the molecule is NC(=O)C[C@@H](NC1C=CC2=CCC(N)C(=O)N21)C(=O)O. The molecule has 0 aromatic carbocycles. The van der Waals surface area contributed by atoms with E-state index in [-0.39, 0.29) is 12.3 Å². The Kier molecular flexibility index (Phi) is 3.86. The minimum Gasteiger partial charge on any atom is -0.480 e. The highest BCUT2D eigenvalue weighted by atomic mass is 16.4. The first-order valence-electron chi connectivity index (χ1n) is 6.14. The third-order valence-electron chi connectivity index (χ3n) is 3.22. The van der Waals surface area contributed by atoms with Gasteiger partial charge in [-0.1, -0.05) is 6.08 Å². The summed E-state index contributed by atoms with van der Waals surface area (Å²) in [7, 11) is 0. The van der Waals surface area contributed by atoms with Gasteiger partial charge in [-0.3, -0.25) is 24.6 Å². The van der Waals surface area contributed by atoms with Gasteiger partial charge in [0, 0.05) is 5.70 Å². The molecular formula is C12H16N4O4. The van der Waals surface area contributed by atoms with E-state index in [0.29, 0.717) is 12.1 Å². The van der Waals surface area contributed by atoms with Crippen molar-refractivity contribution >= 4 is 17.8 Å². The Bertz CT molecular complexity index is 514. The van der Waals surface area contributed by atoms with Crippen molar-refractivity contribution in [1.82, 2.24) is 10.2 Å². The normalized spacial score (nSPS) is 26.1. The molecule has 2 aliphatic rings. The molecule has 108 valence electrons. The zero-order valence-corrected chi connectivity index (χ0v) is 10.7. The Labute approximate surface area is 115 Å². The lowest BCUT2D eigenvalue weighted by molar-refractivity contribution is -0.142. The van der Waals surface area contributed by atoms with Crippen LogP contribution in [-0.4, -0.2) is 46.0 Å². The number of aliphatic carboxylic acids is 1. The lowest BCUT2D eigenvalue weighted by Gasteiger charge is -2.33. The standard InChI is InChI=1S/C12H16N4O4/c13-7-3-1-6-2-4-10(16(6)11(7)18)15-8(12(19)20)5-9(14)17/h1-2,4,7-8,10,15H,3,5,13H2,(H2,14,17)(H,19,20)/t7?,8-,10?/m1/s1. The smallest absolute Gasteiger partial charge is 0.321 e. The number of nitrogens with two attached hydrogens (primary N) is 2. The minimum atomic E-state index is -1.21. The maximum Gasteiger partial charge on any atom is 0.321 e. The molecule has 8 nitrogen and oxygen atoms in total. The van der Waals surface area contributed by atoms with Gasteiger partial charge in [0.15, 0.2) is 0 Å². The summed E-state index contributed by atoms with van der Waals surface area (Å²) in [5.74, 6) is -2.22. The van der Waals surface area contributed by atoms with Crippen molar-refractivity contribution in [3.63, 3.8) is 0 Å². The third-order valence-corrected chi connectivity index (χ3v) is 3.22. The Morgan fingerprint density at radius 1 is 1.55 bits per heavy atom. The van der Waals surface area contributed by atoms with Crippen molar-refractivity contribution in [3.05, 3.63) is 23.9 Å². The molecule has 0 saturated carbocycles. The summed E-state index contributed by atoms with van der Waals surface area (Å²) in [6, 6.07) is -1.80. The molecule has 20 heavy (non-hydrogen) atoms. The van der Waals surface area contributed by atoms with Crippen LogP contribution in [0, 0.1) is 0 Å². The van der Waals surface area contributed by atoms with Gasteiger partial charge >= 0.3 is 5.97 Å². The van der Waals surface area contributed by atoms with Crippen molar-refractivity contribution in [1.29, 1.82) is 0 Å². The van der Waals surface area contributed by atoms with Crippen molar-refractivity contribution in [2.75, 3.05) is 0 Å². The summed E-state index contributed by atoms with van der Waals surface area (Å²) in [5, 5.41) is 11.8. The van der Waals surface area contributed by atoms with Crippen molar-refractivity contribution in [2.24, 2.45) is 11.5 Å². The number of carboxylic acids is 1. The van der Waals surface area contributed by atoms with E-state index in [1.165, 1.54) is 4.90 Å². The van der Waals surface area contributed by atoms with Gasteiger partial charge in [-0.25, -0.2) is 0 Å². The molecule has 0 fully saturated rings. The Morgan fingerprint density at radius 3 is 2.85 bits per heavy atom. The van der Waals surface area contributed by atoms with E-state index in [0.717, 1.165) is 0 Å². The molecule has 2 unspecified atom stereocenters. The maximum atomic E-state index is 12.0. The number of hydrogen-bond acceptors (Lipinski definition) is 5. The number of primary amides is 1. The molecule has 2 rings (SSSR count). The largest absolute Gasteiger partial charge is 0.480 e. The Balaban J connectivity index is 2.13. The summed E-state index contributed by atoms with van der Waals surface area (Å²) >= 11 is 0. The summed E-state index contributed by atoms with van der Waals surface area (Å²) in [4.78, 5) is 35.4. The maximum absolute atomic E-state index is 12.0. The summed E-state index contributed by atoms with van der Waals surface area (Å²) in [5.41, 5.74) is 11.4. The first-order chi connectivity index (χ1) is 9.40. The average molecular weight is 280 g/mol. The van der Waals surface area contributed by atoms with Gasteiger partial charge in [-0.15, -0.1) is 0 Å². The lowest BCUT2D eigenvalue weighted by atomic mass is 10.1. The van der Waals surface area contributed by atoms with Gasteiger partial charge in [0.1, 0.15) is 12.2 Å². The highest BCUT2D eigenvalue weighted by Crippen LogP contribution is 2.25. The summed E-state index contributed by atoms with van der Waals surface area (Å²) in [6.45, 7) is 0. The van der Waals surface area contributed by atoms with E-state index in [1.54, 1.807) is 12.2 Å². The van der Waals surface area contributed by atoms with Gasteiger partial charge < -0.3 is 16.6 Å². The Hall–Kier alpha value is -2.19. The first-order valence-corrected chi connectivity index (χ1v) is 6.14. The zero-order chi connectivity index (χ0) is 14.9. The molecule has 0 aromatic rings. The molecule has 0 radical (unpaired) electrons. The summed E-state index contributed by atoms with van der Waals surface area (Å²) < 4.78 is 0. The molecule has 0 bridgehead atoms. The number of nitrogens with zero attached hydrogens (tertiary/aromatic N) is 1. The predicted octanol–water partition coefficient (Wildman–Crippen LogP) is -1.76. The fourth-order valence-corrected chi connectivity index (χ4v) is 2.23. The van der Waals surface area contributed by atoms with Crippen LogP contribution in [0.1, 0.15) is 12.8 Å². The van der Waals surface area contributed by atoms with Gasteiger partial charge in [0.2, 0.25) is 11.8 Å². The highest BCUT2D eigenvalue weighted by molar-refractivity contribution is 5.87. The lowest BCUT2D eigenvalue weighted by Crippen LogP contribution is -2.55. The van der Waals surface area contributed by atoms with E-state index in [2.05, 4.69) is 5.32 Å². The van der Waals surface area contributed by atoms with Gasteiger partial charge in [0.05, 0.1) is 12.5 Å². The zero-order valence-electron chi connectivity index (χ0n) is 10.7. The van der Waals surface area contributed by atoms with Crippen molar-refractivity contribution in [3.8, 4) is 0 Å². The van der Waals surface area contributed by atoms with Crippen molar-refractivity contribution < 1.29 is 19.5 Å². The fraction of sp³-hybridized carbons (Fsp3) is 0.417. The number of fused-ring (bicyclic) bond motifs is 1. The predicted molar refractivity (Wildman–Crippen MR) is 68.8 cm³/mol. The third kappa shape index (κ3) is 2.70. The topological polar surface area (TPSA) is 139 Å². The number of hydrogen-bond donors (Lipinski definition) is 4. The second-order valence-corrected chi connectivity index (χ2v) is 4.71. The van der Waals surface area contributed by atoms with Gasteiger partial charge in [-0.2, -0.15) is 0 Å². The van der Waals surface area contributed by atoms with Crippen LogP contribution in [-0.2, 0) is 14.4 Å². The average Bonchev–Trinajstić information content (AvgIpc) is 2.76. The number of rotatable bonds is 5. The number of amides is 2. The van der Waals surface area contributed by atoms with Crippen LogP contribution in [0.4, 0.5) is 0 Å². The van der Waals surface area contributed by atoms with Crippen LogP contribution in [0.2, 0.25) is 0 Å². The Morgan fingerprint density at radius 2 is 2.25 bits per heavy atom. The molecule has 2 heterocycles. The number of allylic oxidation sites excluding steroid dienone is 1. The molecule has 0 spiro atoms. The molecule has 2 aliphatic heterocycles. The van der Waals surface area contributed by atoms with Crippen LogP contribution < -0.4 is 16.8 Å². The number of nitrogens with one attached hydrogen (secondary N) is 1. The van der Waals surface area contributed by atoms with E-state index in [9.17, 15) is 14.4 Å². The van der Waals surface area contributed by atoms with E-state index >= 15 is 0 Å². The molecule has 0 saturated heterocycles. The monoisotopic (exact) mass is 280 g/mol. The molecule has 0 aliphatic carbocycles. The van der Waals surface area contributed by atoms with Crippen LogP contribution in [0.3, 0.4) is 0 Å². The number of carbonyl (C=O) groups is 3. The quantitative estimate of drug-likeness (QED) is 0.470. The van der Waals surface area contributed by atoms with Crippen LogP contribution >= 0.6 is 0 Å². The van der Waals surface area contributed by atoms with Crippen molar-refractivity contribution in [2.45, 2.75) is 31.1 Å². The molecule has 0 aromatic heterocycles. The van der Waals surface area contributed by atoms with Gasteiger partial charge in [0.25, 0.3) is 0 Å². The molecule has 3 atom stereocenters. The second-order valence-electron chi connectivity index (χ2n) is 4.71. The van der Waals surface area contributed by atoms with Crippen LogP contribution in [0.15, 0.2) is 23.9 Å². The molecule has 6 N–H and O–H groups in total. The van der Waals surface area contributed by atoms with E-state index in [1.807, 2.05) is 6.08 Å². The summed E-state index contributed by atoms with van der Waals surface area (Å²) in [6.07, 6.45) is 4.64. The molecule has 2 amide bonds. The van der Waals surface area contributed by atoms with Crippen LogP contribution in [0.25, 0.3) is 0 Å². The fourth-order valence-electron chi connectivity index (χ4n) is 2.23.